The maximum atomic E-state index is 5.91. The Morgan fingerprint density at radius 3 is 2.58 bits per heavy atom. The van der Waals surface area contributed by atoms with Gasteiger partial charge in [-0.1, -0.05) is 12.1 Å². The fourth-order valence-corrected chi connectivity index (χ4v) is 1.99. The average molecular weight is 251 g/mol. The minimum Gasteiger partial charge on any atom is -0.495 e. The number of para-hydroxylation sites is 2. The van der Waals surface area contributed by atoms with Gasteiger partial charge in [0, 0.05) is 5.56 Å². The Bertz CT molecular complexity index is 740. The maximum absolute atomic E-state index is 5.91. The molecule has 4 heteroatoms. The van der Waals surface area contributed by atoms with Crippen LogP contribution in [0.25, 0.3) is 22.3 Å². The van der Waals surface area contributed by atoms with Crippen LogP contribution in [0, 0.1) is 0 Å². The summed E-state index contributed by atoms with van der Waals surface area (Å²) in [5, 5.41) is 0. The molecular weight excluding hydrogens is 238 g/mol. The number of nitrogen functional groups attached to an aromatic ring is 1. The van der Waals surface area contributed by atoms with Crippen molar-refractivity contribution in [2.24, 2.45) is 0 Å². The molecule has 2 N–H and O–H groups in total. The first-order valence-electron chi connectivity index (χ1n) is 5.93. The lowest BCUT2D eigenvalue weighted by molar-refractivity contribution is 0.417. The molecule has 0 aliphatic carbocycles. The molecule has 3 aromatic rings. The van der Waals surface area contributed by atoms with Gasteiger partial charge in [-0.05, 0) is 30.3 Å². The van der Waals surface area contributed by atoms with Crippen LogP contribution in [-0.4, -0.2) is 17.1 Å². The zero-order valence-electron chi connectivity index (χ0n) is 10.5. The van der Waals surface area contributed by atoms with Crippen molar-refractivity contribution in [2.45, 2.75) is 0 Å². The predicted molar refractivity (Wildman–Crippen MR) is 75.9 cm³/mol. The number of hydrogen-bond acceptors (Lipinski definition) is 4. The van der Waals surface area contributed by atoms with Crippen LogP contribution in [0.1, 0.15) is 0 Å². The van der Waals surface area contributed by atoms with Crippen molar-refractivity contribution in [3.05, 3.63) is 48.7 Å². The van der Waals surface area contributed by atoms with Gasteiger partial charge in [-0.15, -0.1) is 0 Å². The molecule has 0 saturated heterocycles. The topological polar surface area (TPSA) is 61.0 Å². The summed E-state index contributed by atoms with van der Waals surface area (Å²) in [5.41, 5.74) is 9.98. The number of hydrogen-bond donors (Lipinski definition) is 1. The van der Waals surface area contributed by atoms with Crippen LogP contribution < -0.4 is 10.5 Å². The number of ether oxygens (including phenoxy) is 1. The number of nitrogens with zero attached hydrogens (tertiary/aromatic N) is 2. The minimum absolute atomic E-state index is 0.593. The summed E-state index contributed by atoms with van der Waals surface area (Å²) >= 11 is 0. The third-order valence-corrected chi connectivity index (χ3v) is 2.97. The van der Waals surface area contributed by atoms with E-state index in [1.54, 1.807) is 13.3 Å². The quantitative estimate of drug-likeness (QED) is 0.711. The molecule has 0 amide bonds. The predicted octanol–water partition coefficient (Wildman–Crippen LogP) is 2.89. The van der Waals surface area contributed by atoms with E-state index in [1.807, 2.05) is 42.5 Å². The summed E-state index contributed by atoms with van der Waals surface area (Å²) in [6, 6.07) is 13.4. The Labute approximate surface area is 110 Å². The molecule has 0 aliphatic rings. The molecule has 0 aliphatic heterocycles. The highest BCUT2D eigenvalue weighted by molar-refractivity contribution is 5.77. The van der Waals surface area contributed by atoms with E-state index >= 15 is 0 Å². The lowest BCUT2D eigenvalue weighted by atomic mass is 10.1. The Hall–Kier alpha value is -2.62. The van der Waals surface area contributed by atoms with E-state index in [4.69, 9.17) is 10.5 Å². The van der Waals surface area contributed by atoms with Crippen molar-refractivity contribution < 1.29 is 4.74 Å². The molecule has 19 heavy (non-hydrogen) atoms. The van der Waals surface area contributed by atoms with Gasteiger partial charge in [0.15, 0.2) is 0 Å². The average Bonchev–Trinajstić information content (AvgIpc) is 2.46. The van der Waals surface area contributed by atoms with Gasteiger partial charge in [-0.3, -0.25) is 4.98 Å². The van der Waals surface area contributed by atoms with E-state index in [-0.39, 0.29) is 0 Å². The Morgan fingerprint density at radius 1 is 1.05 bits per heavy atom. The number of methoxy groups -OCH3 is 1. The lowest BCUT2D eigenvalue weighted by Crippen LogP contribution is -1.94. The second-order valence-electron chi connectivity index (χ2n) is 4.20. The van der Waals surface area contributed by atoms with Crippen molar-refractivity contribution in [2.75, 3.05) is 12.8 Å². The first-order chi connectivity index (χ1) is 9.28. The van der Waals surface area contributed by atoms with E-state index in [1.165, 1.54) is 0 Å². The van der Waals surface area contributed by atoms with Crippen LogP contribution in [0.3, 0.4) is 0 Å². The molecule has 0 atom stereocenters. The van der Waals surface area contributed by atoms with Crippen molar-refractivity contribution in [3.63, 3.8) is 0 Å². The van der Waals surface area contributed by atoms with Gasteiger partial charge in [0.05, 0.1) is 35.7 Å². The Morgan fingerprint density at radius 2 is 1.84 bits per heavy atom. The molecule has 1 aromatic heterocycles. The number of anilines is 1. The molecule has 1 heterocycles. The Balaban J connectivity index is 2.11. The summed E-state index contributed by atoms with van der Waals surface area (Å²) in [4.78, 5) is 8.98. The minimum atomic E-state index is 0.593. The van der Waals surface area contributed by atoms with Crippen LogP contribution in [0.5, 0.6) is 5.75 Å². The van der Waals surface area contributed by atoms with Gasteiger partial charge >= 0.3 is 0 Å². The highest BCUT2D eigenvalue weighted by atomic mass is 16.5. The molecule has 0 radical (unpaired) electrons. The zero-order chi connectivity index (χ0) is 13.2. The van der Waals surface area contributed by atoms with E-state index in [9.17, 15) is 0 Å². The molecule has 0 fully saturated rings. The highest BCUT2D eigenvalue weighted by Crippen LogP contribution is 2.27. The van der Waals surface area contributed by atoms with Crippen molar-refractivity contribution >= 4 is 16.7 Å². The van der Waals surface area contributed by atoms with E-state index in [0.717, 1.165) is 22.3 Å². The fraction of sp³-hybridized carbons (Fsp3) is 0.0667. The molecular formula is C15H13N3O. The van der Waals surface area contributed by atoms with Gasteiger partial charge < -0.3 is 10.5 Å². The van der Waals surface area contributed by atoms with Gasteiger partial charge in [-0.25, -0.2) is 4.98 Å². The lowest BCUT2D eigenvalue weighted by Gasteiger charge is -2.07. The number of rotatable bonds is 2. The second kappa shape index (κ2) is 4.57. The van der Waals surface area contributed by atoms with Gasteiger partial charge in [0.2, 0.25) is 0 Å². The zero-order valence-corrected chi connectivity index (χ0v) is 10.5. The summed E-state index contributed by atoms with van der Waals surface area (Å²) in [6.07, 6.45) is 1.75. The molecule has 2 aromatic carbocycles. The van der Waals surface area contributed by atoms with Crippen molar-refractivity contribution in [3.8, 4) is 17.0 Å². The number of aromatic nitrogens is 2. The summed E-state index contributed by atoms with van der Waals surface area (Å²) in [6.45, 7) is 0. The van der Waals surface area contributed by atoms with Gasteiger partial charge in [-0.2, -0.15) is 0 Å². The fourth-order valence-electron chi connectivity index (χ4n) is 1.99. The van der Waals surface area contributed by atoms with Crippen LogP contribution in [-0.2, 0) is 0 Å². The summed E-state index contributed by atoms with van der Waals surface area (Å²) in [5.74, 6) is 0.664. The smallest absolute Gasteiger partial charge is 0.141 e. The first-order valence-corrected chi connectivity index (χ1v) is 5.93. The normalized spacial score (nSPS) is 10.6. The molecule has 0 bridgehead atoms. The van der Waals surface area contributed by atoms with Gasteiger partial charge in [0.1, 0.15) is 5.75 Å². The summed E-state index contributed by atoms with van der Waals surface area (Å²) < 4.78 is 5.15. The number of nitrogens with two attached hydrogens (primary N) is 1. The van der Waals surface area contributed by atoms with E-state index < -0.39 is 0 Å². The molecule has 4 nitrogen and oxygen atoms in total. The van der Waals surface area contributed by atoms with E-state index in [2.05, 4.69) is 9.97 Å². The Kier molecular flexibility index (Phi) is 2.76. The van der Waals surface area contributed by atoms with Crippen LogP contribution in [0.4, 0.5) is 5.69 Å². The van der Waals surface area contributed by atoms with E-state index in [0.29, 0.717) is 11.4 Å². The molecule has 0 saturated carbocycles. The molecule has 94 valence electrons. The molecule has 0 spiro atoms. The van der Waals surface area contributed by atoms with Crippen LogP contribution in [0.15, 0.2) is 48.7 Å². The van der Waals surface area contributed by atoms with Crippen LogP contribution >= 0.6 is 0 Å². The highest BCUT2D eigenvalue weighted by Gasteiger charge is 2.05. The largest absolute Gasteiger partial charge is 0.495 e. The van der Waals surface area contributed by atoms with Gasteiger partial charge in [0.25, 0.3) is 0 Å². The first kappa shape index (κ1) is 11.5. The molecule has 0 unspecified atom stereocenters. The van der Waals surface area contributed by atoms with Crippen molar-refractivity contribution in [1.29, 1.82) is 0 Å². The monoisotopic (exact) mass is 251 g/mol. The third kappa shape index (κ3) is 2.08. The number of fused-ring (bicyclic) bond motifs is 1. The van der Waals surface area contributed by atoms with Crippen molar-refractivity contribution in [1.82, 2.24) is 9.97 Å². The molecule has 3 rings (SSSR count). The van der Waals surface area contributed by atoms with Crippen LogP contribution in [0.2, 0.25) is 0 Å². The maximum Gasteiger partial charge on any atom is 0.141 e. The SMILES string of the molecule is COc1ccc(-c2cnc3ccccc3n2)cc1N. The third-order valence-electron chi connectivity index (χ3n) is 2.97. The summed E-state index contributed by atoms with van der Waals surface area (Å²) in [7, 11) is 1.60. The second-order valence-corrected chi connectivity index (χ2v) is 4.20. The number of benzene rings is 2. The standard InChI is InChI=1S/C15H13N3O/c1-19-15-7-6-10(8-11(15)16)14-9-17-12-4-2-3-5-13(12)18-14/h2-9H,16H2,1H3.